The lowest BCUT2D eigenvalue weighted by Crippen LogP contribution is -2.48. The highest BCUT2D eigenvalue weighted by atomic mass is 32.2. The molecule has 29 heavy (non-hydrogen) atoms. The number of benzene rings is 1. The fraction of sp³-hybridized carbons (Fsp3) is 0.667. The Labute approximate surface area is 173 Å². The third-order valence-corrected chi connectivity index (χ3v) is 7.45. The van der Waals surface area contributed by atoms with Crippen LogP contribution in [-0.4, -0.2) is 65.5 Å². The van der Waals surface area contributed by atoms with Gasteiger partial charge in [0.2, 0.25) is 5.91 Å². The number of carbonyl (C=O) groups excluding carboxylic acids is 1. The summed E-state index contributed by atoms with van der Waals surface area (Å²) in [6.07, 6.45) is 3.71. The highest BCUT2D eigenvalue weighted by Gasteiger charge is 2.34. The number of carbonyl (C=O) groups is 1. The van der Waals surface area contributed by atoms with Crippen molar-refractivity contribution in [3.05, 3.63) is 29.6 Å². The van der Waals surface area contributed by atoms with E-state index in [4.69, 9.17) is 4.74 Å². The Hall–Kier alpha value is -1.41. The quantitative estimate of drug-likeness (QED) is 0.732. The Morgan fingerprint density at radius 3 is 2.21 bits per heavy atom. The monoisotopic (exact) mass is 428 g/mol. The minimum Gasteiger partial charge on any atom is -0.484 e. The molecule has 1 aromatic carbocycles. The van der Waals surface area contributed by atoms with Gasteiger partial charge in [-0.15, -0.1) is 0 Å². The number of piperidine rings is 2. The molecule has 3 aliphatic rings. The molecule has 0 N–H and O–H groups in total. The molecular weight excluding hydrogens is 401 g/mol. The molecular formula is C21H27F3N2O2S. The second-order valence-corrected chi connectivity index (χ2v) is 9.32. The van der Waals surface area contributed by atoms with Crippen LogP contribution in [0.25, 0.3) is 0 Å². The van der Waals surface area contributed by atoms with Crippen molar-refractivity contribution >= 4 is 17.7 Å². The summed E-state index contributed by atoms with van der Waals surface area (Å²) < 4.78 is 46.1. The number of amides is 1. The average molecular weight is 429 g/mol. The maximum atomic E-state index is 13.8. The molecule has 4 rings (SSSR count). The number of hydrogen-bond donors (Lipinski definition) is 0. The molecule has 3 fully saturated rings. The molecule has 1 aromatic rings. The molecule has 1 amide bonds. The largest absolute Gasteiger partial charge is 0.484 e. The van der Waals surface area contributed by atoms with Crippen LogP contribution in [0.5, 0.6) is 5.75 Å². The van der Waals surface area contributed by atoms with Crippen LogP contribution in [0.3, 0.4) is 0 Å². The van der Waals surface area contributed by atoms with Crippen molar-refractivity contribution in [1.82, 2.24) is 9.80 Å². The van der Waals surface area contributed by atoms with Crippen molar-refractivity contribution < 1.29 is 22.7 Å². The van der Waals surface area contributed by atoms with Crippen molar-refractivity contribution in [2.75, 3.05) is 37.7 Å². The smallest absolute Gasteiger partial charge is 0.225 e. The lowest BCUT2D eigenvalue weighted by Gasteiger charge is -2.38. The van der Waals surface area contributed by atoms with Crippen molar-refractivity contribution in [2.45, 2.75) is 44.2 Å². The van der Waals surface area contributed by atoms with E-state index in [-0.39, 0.29) is 17.9 Å². The highest BCUT2D eigenvalue weighted by Crippen LogP contribution is 2.30. The lowest BCUT2D eigenvalue weighted by molar-refractivity contribution is -0.139. The van der Waals surface area contributed by atoms with Crippen molar-refractivity contribution in [3.8, 4) is 5.75 Å². The van der Waals surface area contributed by atoms with Crippen molar-refractivity contribution in [1.29, 1.82) is 0 Å². The highest BCUT2D eigenvalue weighted by molar-refractivity contribution is 7.99. The lowest BCUT2D eigenvalue weighted by atomic mass is 9.93. The fourth-order valence-electron chi connectivity index (χ4n) is 4.58. The Morgan fingerprint density at radius 2 is 1.62 bits per heavy atom. The van der Waals surface area contributed by atoms with E-state index in [1.165, 1.54) is 17.9 Å². The van der Waals surface area contributed by atoms with Crippen LogP contribution in [0.4, 0.5) is 13.2 Å². The van der Waals surface area contributed by atoms with E-state index in [0.29, 0.717) is 44.1 Å². The molecule has 160 valence electrons. The number of hydrogen-bond acceptors (Lipinski definition) is 4. The van der Waals surface area contributed by atoms with Crippen LogP contribution in [0.2, 0.25) is 0 Å². The Balaban J connectivity index is 1.25. The molecule has 3 aliphatic heterocycles. The van der Waals surface area contributed by atoms with Gasteiger partial charge in [-0.05, 0) is 38.1 Å². The van der Waals surface area contributed by atoms with E-state index in [1.54, 1.807) is 0 Å². The molecule has 1 unspecified atom stereocenters. The van der Waals surface area contributed by atoms with Gasteiger partial charge in [0, 0.05) is 55.8 Å². The standard InChI is InChI=1S/C21H27F3N2O2S/c22-15-11-18(23)20(19(24)12-15)28-17-3-8-26(9-4-17)21(27)14-1-6-25(7-2-14)16-5-10-29-13-16/h11-12,14,16-17H,1-10,13H2. The zero-order chi connectivity index (χ0) is 20.4. The summed E-state index contributed by atoms with van der Waals surface area (Å²) >= 11 is 2.01. The van der Waals surface area contributed by atoms with Crippen molar-refractivity contribution in [3.63, 3.8) is 0 Å². The third-order valence-electron chi connectivity index (χ3n) is 6.30. The minimum atomic E-state index is -1.03. The molecule has 0 spiro atoms. The van der Waals surface area contributed by atoms with E-state index in [0.717, 1.165) is 25.9 Å². The first-order chi connectivity index (χ1) is 14.0. The van der Waals surface area contributed by atoms with E-state index < -0.39 is 23.2 Å². The summed E-state index contributed by atoms with van der Waals surface area (Å²) in [6.45, 7) is 3.02. The average Bonchev–Trinajstić information content (AvgIpc) is 3.26. The zero-order valence-electron chi connectivity index (χ0n) is 16.4. The predicted molar refractivity (Wildman–Crippen MR) is 107 cm³/mol. The SMILES string of the molecule is O=C(C1CCN(C2CCSC2)CC1)N1CCC(Oc2c(F)cc(F)cc2F)CC1. The van der Waals surface area contributed by atoms with E-state index >= 15 is 0 Å². The summed E-state index contributed by atoms with van der Waals surface area (Å²) in [5.41, 5.74) is 0. The first-order valence-electron chi connectivity index (χ1n) is 10.4. The predicted octanol–water partition coefficient (Wildman–Crippen LogP) is 3.69. The van der Waals surface area contributed by atoms with Crippen molar-refractivity contribution in [2.24, 2.45) is 5.92 Å². The molecule has 1 atom stereocenters. The molecule has 0 radical (unpaired) electrons. The van der Waals surface area contributed by atoms with Gasteiger partial charge in [0.05, 0.1) is 0 Å². The number of thioether (sulfide) groups is 1. The summed E-state index contributed by atoms with van der Waals surface area (Å²) in [6, 6.07) is 1.91. The van der Waals surface area contributed by atoms with E-state index in [2.05, 4.69) is 4.90 Å². The molecule has 4 nitrogen and oxygen atoms in total. The van der Waals surface area contributed by atoms with Gasteiger partial charge in [0.25, 0.3) is 0 Å². The van der Waals surface area contributed by atoms with Gasteiger partial charge in [0.1, 0.15) is 11.9 Å². The van der Waals surface area contributed by atoms with Gasteiger partial charge in [-0.25, -0.2) is 13.2 Å². The second kappa shape index (κ2) is 9.16. The van der Waals surface area contributed by atoms with Crippen LogP contribution in [0.1, 0.15) is 32.1 Å². The summed E-state index contributed by atoms with van der Waals surface area (Å²) in [5.74, 6) is -0.845. The molecule has 0 aromatic heterocycles. The van der Waals surface area contributed by atoms with Gasteiger partial charge in [0.15, 0.2) is 17.4 Å². The van der Waals surface area contributed by atoms with Gasteiger partial charge in [-0.1, -0.05) is 0 Å². The molecule has 0 saturated carbocycles. The van der Waals surface area contributed by atoms with Gasteiger partial charge in [-0.2, -0.15) is 11.8 Å². The number of likely N-dealkylation sites (tertiary alicyclic amines) is 2. The van der Waals surface area contributed by atoms with Crippen LogP contribution < -0.4 is 4.74 Å². The zero-order valence-corrected chi connectivity index (χ0v) is 17.2. The normalized spacial score (nSPS) is 24.8. The maximum Gasteiger partial charge on any atom is 0.225 e. The Bertz CT molecular complexity index is 706. The molecule has 8 heteroatoms. The number of ether oxygens (including phenoxy) is 1. The fourth-order valence-corrected chi connectivity index (χ4v) is 5.84. The minimum absolute atomic E-state index is 0.0739. The number of rotatable bonds is 4. The second-order valence-electron chi connectivity index (χ2n) is 8.17. The topological polar surface area (TPSA) is 32.8 Å². The molecule has 0 aliphatic carbocycles. The summed E-state index contributed by atoms with van der Waals surface area (Å²) in [7, 11) is 0. The third kappa shape index (κ3) is 4.85. The summed E-state index contributed by atoms with van der Waals surface area (Å²) in [5, 5.41) is 0. The van der Waals surface area contributed by atoms with Gasteiger partial charge >= 0.3 is 0 Å². The maximum absolute atomic E-state index is 13.8. The molecule has 3 saturated heterocycles. The van der Waals surface area contributed by atoms with Gasteiger partial charge < -0.3 is 9.64 Å². The van der Waals surface area contributed by atoms with Crippen LogP contribution in [-0.2, 0) is 4.79 Å². The number of nitrogens with zero attached hydrogens (tertiary/aromatic N) is 2. The molecule has 0 bridgehead atoms. The van der Waals surface area contributed by atoms with Crippen LogP contribution in [0.15, 0.2) is 12.1 Å². The first-order valence-corrected chi connectivity index (χ1v) is 11.6. The van der Waals surface area contributed by atoms with Crippen LogP contribution in [0, 0.1) is 23.4 Å². The van der Waals surface area contributed by atoms with E-state index in [9.17, 15) is 18.0 Å². The number of halogens is 3. The Morgan fingerprint density at radius 1 is 0.966 bits per heavy atom. The van der Waals surface area contributed by atoms with E-state index in [1.807, 2.05) is 16.7 Å². The van der Waals surface area contributed by atoms with Gasteiger partial charge in [-0.3, -0.25) is 9.69 Å². The van der Waals surface area contributed by atoms with Crippen LogP contribution >= 0.6 is 11.8 Å². The first kappa shape index (κ1) is 20.8. The Kier molecular flexibility index (Phi) is 6.59. The summed E-state index contributed by atoms with van der Waals surface area (Å²) in [4.78, 5) is 17.3. The molecule has 3 heterocycles.